The van der Waals surface area contributed by atoms with Crippen molar-refractivity contribution in [1.82, 2.24) is 9.80 Å². The zero-order valence-corrected chi connectivity index (χ0v) is 18.1. The lowest BCUT2D eigenvalue weighted by Crippen LogP contribution is -2.44. The molecule has 1 atom stereocenters. The van der Waals surface area contributed by atoms with Gasteiger partial charge in [-0.2, -0.15) is 0 Å². The quantitative estimate of drug-likeness (QED) is 0.652. The molecule has 162 valence electrons. The SMILES string of the molecule is CCN(Cc1ccc(OC)c(OC)c1)C(=O)C1CCCN(Cc2cccc(F)c2)C1. The van der Waals surface area contributed by atoms with Crippen LogP contribution in [0, 0.1) is 11.7 Å². The molecule has 1 saturated heterocycles. The van der Waals surface area contributed by atoms with Gasteiger partial charge in [-0.25, -0.2) is 4.39 Å². The topological polar surface area (TPSA) is 42.0 Å². The van der Waals surface area contributed by atoms with E-state index in [0.29, 0.717) is 37.7 Å². The molecule has 1 amide bonds. The highest BCUT2D eigenvalue weighted by atomic mass is 19.1. The largest absolute Gasteiger partial charge is 0.493 e. The molecule has 0 saturated carbocycles. The van der Waals surface area contributed by atoms with Crippen molar-refractivity contribution in [2.45, 2.75) is 32.9 Å². The Labute approximate surface area is 178 Å². The number of rotatable bonds is 8. The van der Waals surface area contributed by atoms with Crippen molar-refractivity contribution in [3.63, 3.8) is 0 Å². The number of nitrogens with zero attached hydrogens (tertiary/aromatic N) is 2. The molecule has 1 aliphatic heterocycles. The summed E-state index contributed by atoms with van der Waals surface area (Å²) in [4.78, 5) is 17.4. The number of carbonyl (C=O) groups excluding carboxylic acids is 1. The maximum atomic E-state index is 13.5. The van der Waals surface area contributed by atoms with E-state index >= 15 is 0 Å². The molecule has 0 spiro atoms. The molecule has 1 heterocycles. The molecule has 1 unspecified atom stereocenters. The third-order valence-corrected chi connectivity index (χ3v) is 5.66. The van der Waals surface area contributed by atoms with Crippen molar-refractivity contribution in [1.29, 1.82) is 0 Å². The fourth-order valence-electron chi connectivity index (χ4n) is 4.10. The van der Waals surface area contributed by atoms with Gasteiger partial charge in [-0.05, 0) is 61.7 Å². The van der Waals surface area contributed by atoms with E-state index in [0.717, 1.165) is 30.5 Å². The lowest BCUT2D eigenvalue weighted by molar-refractivity contribution is -0.137. The summed E-state index contributed by atoms with van der Waals surface area (Å²) >= 11 is 0. The highest BCUT2D eigenvalue weighted by molar-refractivity contribution is 5.79. The van der Waals surface area contributed by atoms with E-state index in [9.17, 15) is 9.18 Å². The van der Waals surface area contributed by atoms with Crippen LogP contribution in [-0.2, 0) is 17.9 Å². The minimum absolute atomic E-state index is 0.0348. The number of amides is 1. The van der Waals surface area contributed by atoms with Gasteiger partial charge in [-0.1, -0.05) is 18.2 Å². The summed E-state index contributed by atoms with van der Waals surface area (Å²) in [7, 11) is 3.22. The Bertz CT molecular complexity index is 858. The van der Waals surface area contributed by atoms with E-state index in [1.54, 1.807) is 26.4 Å². The Morgan fingerprint density at radius 2 is 1.93 bits per heavy atom. The standard InChI is InChI=1S/C24H31FN2O3/c1-4-27(16-19-10-11-22(29-2)23(14-19)30-3)24(28)20-8-6-12-26(17-20)15-18-7-5-9-21(25)13-18/h5,7,9-11,13-14,20H,4,6,8,12,15-17H2,1-3H3. The maximum absolute atomic E-state index is 13.5. The number of benzene rings is 2. The van der Waals surface area contributed by atoms with Crippen LogP contribution in [0.4, 0.5) is 4.39 Å². The first-order chi connectivity index (χ1) is 14.5. The van der Waals surface area contributed by atoms with Crippen LogP contribution in [0.3, 0.4) is 0 Å². The average Bonchev–Trinajstić information content (AvgIpc) is 2.77. The second-order valence-corrected chi connectivity index (χ2v) is 7.75. The van der Waals surface area contributed by atoms with Crippen LogP contribution in [0.2, 0.25) is 0 Å². The number of likely N-dealkylation sites (tertiary alicyclic amines) is 1. The number of methoxy groups -OCH3 is 2. The van der Waals surface area contributed by atoms with Gasteiger partial charge in [0.25, 0.3) is 0 Å². The fourth-order valence-corrected chi connectivity index (χ4v) is 4.10. The summed E-state index contributed by atoms with van der Waals surface area (Å²) in [5, 5.41) is 0. The van der Waals surface area contributed by atoms with Crippen molar-refractivity contribution in [2.75, 3.05) is 33.9 Å². The minimum Gasteiger partial charge on any atom is -0.493 e. The van der Waals surface area contributed by atoms with Gasteiger partial charge in [0.2, 0.25) is 5.91 Å². The maximum Gasteiger partial charge on any atom is 0.227 e. The molecule has 30 heavy (non-hydrogen) atoms. The second-order valence-electron chi connectivity index (χ2n) is 7.75. The van der Waals surface area contributed by atoms with Crippen LogP contribution >= 0.6 is 0 Å². The molecular weight excluding hydrogens is 383 g/mol. The number of ether oxygens (including phenoxy) is 2. The number of hydrogen-bond donors (Lipinski definition) is 0. The van der Waals surface area contributed by atoms with Gasteiger partial charge in [0.1, 0.15) is 5.82 Å². The lowest BCUT2D eigenvalue weighted by atomic mass is 9.95. The van der Waals surface area contributed by atoms with Crippen LogP contribution in [0.5, 0.6) is 11.5 Å². The Morgan fingerprint density at radius 1 is 1.13 bits per heavy atom. The highest BCUT2D eigenvalue weighted by Gasteiger charge is 2.29. The summed E-state index contributed by atoms with van der Waals surface area (Å²) < 4.78 is 24.2. The average molecular weight is 415 g/mol. The Balaban J connectivity index is 1.64. The number of hydrogen-bond acceptors (Lipinski definition) is 4. The van der Waals surface area contributed by atoms with Crippen LogP contribution in [0.15, 0.2) is 42.5 Å². The number of halogens is 1. The van der Waals surface area contributed by atoms with Gasteiger partial charge in [-0.15, -0.1) is 0 Å². The van der Waals surface area contributed by atoms with Gasteiger partial charge < -0.3 is 14.4 Å². The minimum atomic E-state index is -0.218. The molecule has 0 radical (unpaired) electrons. The van der Waals surface area contributed by atoms with Crippen LogP contribution < -0.4 is 9.47 Å². The van der Waals surface area contributed by atoms with E-state index in [1.165, 1.54) is 6.07 Å². The summed E-state index contributed by atoms with van der Waals surface area (Å²) in [6, 6.07) is 12.5. The molecular formula is C24H31FN2O3. The van der Waals surface area contributed by atoms with Gasteiger partial charge >= 0.3 is 0 Å². The zero-order chi connectivity index (χ0) is 21.5. The van der Waals surface area contributed by atoms with E-state index in [2.05, 4.69) is 4.90 Å². The number of piperidine rings is 1. The molecule has 3 rings (SSSR count). The van der Waals surface area contributed by atoms with E-state index in [4.69, 9.17) is 9.47 Å². The van der Waals surface area contributed by atoms with Crippen molar-refractivity contribution in [3.05, 3.63) is 59.4 Å². The number of carbonyl (C=O) groups is 1. The van der Waals surface area contributed by atoms with Crippen molar-refractivity contribution in [2.24, 2.45) is 5.92 Å². The summed E-state index contributed by atoms with van der Waals surface area (Å²) in [5.41, 5.74) is 1.95. The smallest absolute Gasteiger partial charge is 0.227 e. The molecule has 2 aromatic carbocycles. The molecule has 0 N–H and O–H groups in total. The van der Waals surface area contributed by atoms with Gasteiger partial charge in [0.05, 0.1) is 20.1 Å². The van der Waals surface area contributed by atoms with Crippen molar-refractivity contribution >= 4 is 5.91 Å². The first kappa shape index (κ1) is 22.1. The van der Waals surface area contributed by atoms with E-state index in [-0.39, 0.29) is 17.6 Å². The van der Waals surface area contributed by atoms with Crippen molar-refractivity contribution in [3.8, 4) is 11.5 Å². The lowest BCUT2D eigenvalue weighted by Gasteiger charge is -2.35. The monoisotopic (exact) mass is 414 g/mol. The fraction of sp³-hybridized carbons (Fsp3) is 0.458. The first-order valence-corrected chi connectivity index (χ1v) is 10.5. The molecule has 0 aromatic heterocycles. The van der Waals surface area contributed by atoms with Crippen molar-refractivity contribution < 1.29 is 18.7 Å². The van der Waals surface area contributed by atoms with Crippen LogP contribution in [-0.4, -0.2) is 49.6 Å². The third-order valence-electron chi connectivity index (χ3n) is 5.66. The molecule has 1 fully saturated rings. The highest BCUT2D eigenvalue weighted by Crippen LogP contribution is 2.28. The predicted octanol–water partition coefficient (Wildman–Crippen LogP) is 4.10. The third kappa shape index (κ3) is 5.51. The van der Waals surface area contributed by atoms with E-state index < -0.39 is 0 Å². The second kappa shape index (κ2) is 10.4. The molecule has 1 aliphatic rings. The van der Waals surface area contributed by atoms with Crippen LogP contribution in [0.1, 0.15) is 30.9 Å². The summed E-state index contributed by atoms with van der Waals surface area (Å²) in [5.74, 6) is 1.26. The Morgan fingerprint density at radius 3 is 2.63 bits per heavy atom. The molecule has 5 nitrogen and oxygen atoms in total. The van der Waals surface area contributed by atoms with Gasteiger partial charge in [0, 0.05) is 26.2 Å². The normalized spacial score (nSPS) is 16.9. The molecule has 2 aromatic rings. The zero-order valence-electron chi connectivity index (χ0n) is 18.1. The van der Waals surface area contributed by atoms with E-state index in [1.807, 2.05) is 36.1 Å². The Hall–Kier alpha value is -2.60. The molecule has 6 heteroatoms. The molecule has 0 aliphatic carbocycles. The predicted molar refractivity (Wildman–Crippen MR) is 115 cm³/mol. The first-order valence-electron chi connectivity index (χ1n) is 10.5. The van der Waals surface area contributed by atoms with Gasteiger partial charge in [0.15, 0.2) is 11.5 Å². The Kier molecular flexibility index (Phi) is 7.69. The van der Waals surface area contributed by atoms with Crippen LogP contribution in [0.25, 0.3) is 0 Å². The van der Waals surface area contributed by atoms with Gasteiger partial charge in [-0.3, -0.25) is 9.69 Å². The summed E-state index contributed by atoms with van der Waals surface area (Å²) in [6.07, 6.45) is 1.86. The molecule has 0 bridgehead atoms. The summed E-state index contributed by atoms with van der Waals surface area (Å²) in [6.45, 7) is 5.50.